The summed E-state index contributed by atoms with van der Waals surface area (Å²) in [6.45, 7) is -0.339. The number of hydrogen-bond acceptors (Lipinski definition) is 6. The molecule has 10 aromatic rings. The Morgan fingerprint density at radius 3 is 1.16 bits per heavy atom. The van der Waals surface area contributed by atoms with Crippen molar-refractivity contribution in [1.82, 2.24) is 19.6 Å². The maximum Gasteiger partial charge on any atom is 0.435 e. The van der Waals surface area contributed by atoms with Crippen molar-refractivity contribution in [3.63, 3.8) is 0 Å². The molecule has 0 radical (unpaired) electrons. The zero-order valence-corrected chi connectivity index (χ0v) is 36.8. The molecule has 2 amide bonds. The third-order valence-electron chi connectivity index (χ3n) is 11.2. The molecule has 10 rings (SSSR count). The van der Waals surface area contributed by atoms with Crippen molar-refractivity contribution in [2.45, 2.75) is 12.4 Å². The van der Waals surface area contributed by atoms with Crippen LogP contribution in [0.2, 0.25) is 0 Å². The molecule has 10 nitrogen and oxygen atoms in total. The van der Waals surface area contributed by atoms with E-state index >= 15 is 0 Å². The van der Waals surface area contributed by atoms with Gasteiger partial charge in [-0.05, 0) is 116 Å². The second-order valence-electron chi connectivity index (χ2n) is 15.7. The molecule has 0 bridgehead atoms. The Labute approximate surface area is 395 Å². The van der Waals surface area contributed by atoms with Gasteiger partial charge < -0.3 is 22.1 Å². The SMILES string of the molecule is Cl.NCC(=O)Nc1ccc(-n2nc(C(F)(F)F)cc2-c2ccc3c(ccc4ccccc43)c2)cc1.NCC(=O)Nc1ccc(-n2nc(C(F)(F)F)cc2-c2ccc3c(ccc4ccccc43)c2)cc1. The van der Waals surface area contributed by atoms with Gasteiger partial charge in [0.25, 0.3) is 0 Å². The summed E-state index contributed by atoms with van der Waals surface area (Å²) in [5.74, 6) is -0.730. The number of amides is 2. The molecule has 2 heterocycles. The van der Waals surface area contributed by atoms with E-state index in [1.54, 1.807) is 60.7 Å². The first-order valence-corrected chi connectivity index (χ1v) is 21.1. The molecule has 0 saturated carbocycles. The Bertz CT molecular complexity index is 3280. The summed E-state index contributed by atoms with van der Waals surface area (Å²) in [6, 6.07) is 49.9. The predicted octanol–water partition coefficient (Wildman–Crippen LogP) is 11.9. The van der Waals surface area contributed by atoms with E-state index in [0.717, 1.165) is 55.2 Å². The third-order valence-corrected chi connectivity index (χ3v) is 11.2. The normalized spacial score (nSPS) is 11.6. The van der Waals surface area contributed by atoms with Gasteiger partial charge in [0.15, 0.2) is 11.4 Å². The van der Waals surface area contributed by atoms with Gasteiger partial charge in [0.05, 0.1) is 35.9 Å². The maximum absolute atomic E-state index is 13.6. The molecule has 6 N–H and O–H groups in total. The van der Waals surface area contributed by atoms with Crippen molar-refractivity contribution in [2.24, 2.45) is 11.5 Å². The van der Waals surface area contributed by atoms with E-state index < -0.39 is 23.7 Å². The fourth-order valence-corrected chi connectivity index (χ4v) is 7.98. The van der Waals surface area contributed by atoms with Crippen LogP contribution in [0.15, 0.2) is 170 Å². The van der Waals surface area contributed by atoms with Crippen molar-refractivity contribution in [2.75, 3.05) is 23.7 Å². The first-order chi connectivity index (χ1) is 32.7. The zero-order valence-electron chi connectivity index (χ0n) is 36.0. The number of nitrogens with zero attached hydrogens (tertiary/aromatic N) is 4. The number of alkyl halides is 6. The summed E-state index contributed by atoms with van der Waals surface area (Å²) in [6.07, 6.45) is -9.19. The number of nitrogens with one attached hydrogen (secondary N) is 2. The van der Waals surface area contributed by atoms with Crippen LogP contribution in [-0.2, 0) is 21.9 Å². The standard InChI is InChI=1S/2C26H19F3N4O.ClH/c2*27-26(28,29)24-14-23(33(32-24)20-10-8-19(9-11-20)31-25(34)15-30)18-7-12-22-17(13-18)6-5-16-3-1-2-4-21(16)22;/h2*1-14H,15,30H2,(H,31,34);1H. The molecule has 0 aliphatic heterocycles. The molecule has 0 saturated heterocycles. The molecular formula is C52H39ClF6N8O2. The van der Waals surface area contributed by atoms with Crippen LogP contribution in [-0.4, -0.2) is 44.5 Å². The fourth-order valence-electron chi connectivity index (χ4n) is 7.98. The van der Waals surface area contributed by atoms with Crippen LogP contribution in [0.4, 0.5) is 37.7 Å². The van der Waals surface area contributed by atoms with Gasteiger partial charge >= 0.3 is 12.4 Å². The van der Waals surface area contributed by atoms with Gasteiger partial charge in [-0.2, -0.15) is 36.5 Å². The van der Waals surface area contributed by atoms with Crippen LogP contribution >= 0.6 is 12.4 Å². The van der Waals surface area contributed by atoms with Crippen LogP contribution < -0.4 is 22.1 Å². The highest BCUT2D eigenvalue weighted by molar-refractivity contribution is 6.09. The molecule has 348 valence electrons. The number of benzene rings is 8. The summed E-state index contributed by atoms with van der Waals surface area (Å²) < 4.78 is 83.8. The van der Waals surface area contributed by atoms with E-state index in [0.29, 0.717) is 45.3 Å². The van der Waals surface area contributed by atoms with Gasteiger partial charge in [0, 0.05) is 22.5 Å². The molecular weight excluding hydrogens is 918 g/mol. The summed E-state index contributed by atoms with van der Waals surface area (Å²) in [7, 11) is 0. The number of hydrogen-bond donors (Lipinski definition) is 4. The van der Waals surface area contributed by atoms with Crippen LogP contribution in [0, 0.1) is 0 Å². The first kappa shape index (κ1) is 47.4. The van der Waals surface area contributed by atoms with Crippen LogP contribution in [0.5, 0.6) is 0 Å². The fraction of sp³-hybridized carbons (Fsp3) is 0.0769. The van der Waals surface area contributed by atoms with Crippen molar-refractivity contribution in [3.05, 3.63) is 181 Å². The molecule has 0 aliphatic carbocycles. The predicted molar refractivity (Wildman–Crippen MR) is 261 cm³/mol. The van der Waals surface area contributed by atoms with E-state index in [1.165, 1.54) is 9.36 Å². The molecule has 0 aliphatic rings. The molecule has 0 spiro atoms. The molecule has 17 heteroatoms. The minimum atomic E-state index is -4.60. The number of anilines is 2. The number of fused-ring (bicyclic) bond motifs is 6. The van der Waals surface area contributed by atoms with E-state index in [9.17, 15) is 35.9 Å². The summed E-state index contributed by atoms with van der Waals surface area (Å²) in [5, 5.41) is 21.1. The number of carbonyl (C=O) groups is 2. The minimum absolute atomic E-state index is 0. The van der Waals surface area contributed by atoms with E-state index in [1.807, 2.05) is 97.1 Å². The van der Waals surface area contributed by atoms with Crippen molar-refractivity contribution < 1.29 is 35.9 Å². The number of rotatable bonds is 8. The van der Waals surface area contributed by atoms with Gasteiger partial charge in [-0.1, -0.05) is 97.1 Å². The van der Waals surface area contributed by atoms with Crippen LogP contribution in [0.25, 0.3) is 77.0 Å². The minimum Gasteiger partial charge on any atom is -0.325 e. The number of carbonyl (C=O) groups excluding carboxylic acids is 2. The number of nitrogens with two attached hydrogens (primary N) is 2. The topological polar surface area (TPSA) is 146 Å². The van der Waals surface area contributed by atoms with Crippen LogP contribution in [0.1, 0.15) is 11.4 Å². The zero-order chi connectivity index (χ0) is 47.7. The Morgan fingerprint density at radius 2 is 0.797 bits per heavy atom. The first-order valence-electron chi connectivity index (χ1n) is 21.1. The largest absolute Gasteiger partial charge is 0.435 e. The third kappa shape index (κ3) is 9.99. The second kappa shape index (κ2) is 19.3. The number of aromatic nitrogens is 4. The Hall–Kier alpha value is -8.05. The molecule has 0 unspecified atom stereocenters. The lowest BCUT2D eigenvalue weighted by atomic mass is 9.99. The summed E-state index contributed by atoms with van der Waals surface area (Å²) in [5.41, 5.74) is 12.3. The lowest BCUT2D eigenvalue weighted by molar-refractivity contribution is -0.142. The van der Waals surface area contributed by atoms with E-state index in [4.69, 9.17) is 11.5 Å². The van der Waals surface area contributed by atoms with Crippen molar-refractivity contribution in [1.29, 1.82) is 0 Å². The summed E-state index contributed by atoms with van der Waals surface area (Å²) in [4.78, 5) is 23.0. The lowest BCUT2D eigenvalue weighted by Gasteiger charge is -2.11. The van der Waals surface area contributed by atoms with Gasteiger partial charge in [0.1, 0.15) is 0 Å². The molecule has 0 fully saturated rings. The average molecular weight is 957 g/mol. The Kier molecular flexibility index (Phi) is 13.3. The second-order valence-corrected chi connectivity index (χ2v) is 15.7. The smallest absolute Gasteiger partial charge is 0.325 e. The van der Waals surface area contributed by atoms with E-state index in [2.05, 4.69) is 20.8 Å². The van der Waals surface area contributed by atoms with Gasteiger partial charge in [0.2, 0.25) is 11.8 Å². The molecule has 8 aromatic carbocycles. The molecule has 0 atom stereocenters. The van der Waals surface area contributed by atoms with Gasteiger partial charge in [-0.3, -0.25) is 9.59 Å². The Morgan fingerprint density at radius 1 is 0.449 bits per heavy atom. The highest BCUT2D eigenvalue weighted by atomic mass is 35.5. The van der Waals surface area contributed by atoms with Crippen molar-refractivity contribution >= 4 is 78.7 Å². The quantitative estimate of drug-likeness (QED) is 0.0881. The van der Waals surface area contributed by atoms with Crippen molar-refractivity contribution in [3.8, 4) is 33.9 Å². The average Bonchev–Trinajstić information content (AvgIpc) is 4.02. The number of halogens is 7. The monoisotopic (exact) mass is 956 g/mol. The van der Waals surface area contributed by atoms with Gasteiger partial charge in [-0.25, -0.2) is 9.36 Å². The molecule has 2 aromatic heterocycles. The highest BCUT2D eigenvalue weighted by Crippen LogP contribution is 2.38. The maximum atomic E-state index is 13.6. The molecule has 69 heavy (non-hydrogen) atoms. The van der Waals surface area contributed by atoms with Gasteiger partial charge in [-0.15, -0.1) is 12.4 Å². The summed E-state index contributed by atoms with van der Waals surface area (Å²) >= 11 is 0. The lowest BCUT2D eigenvalue weighted by Crippen LogP contribution is -2.21. The van der Waals surface area contributed by atoms with E-state index in [-0.39, 0.29) is 37.3 Å². The Balaban J connectivity index is 0.000000183. The highest BCUT2D eigenvalue weighted by Gasteiger charge is 2.36. The van der Waals surface area contributed by atoms with Crippen LogP contribution in [0.3, 0.4) is 0 Å².